The molecule has 20 heavy (non-hydrogen) atoms. The summed E-state index contributed by atoms with van der Waals surface area (Å²) in [6.07, 6.45) is 0.947. The minimum Gasteiger partial charge on any atom is -0.385 e. The van der Waals surface area contributed by atoms with Crippen LogP contribution in [0.4, 0.5) is 8.78 Å². The highest BCUT2D eigenvalue weighted by atomic mass is 19.3. The topological polar surface area (TPSA) is 20.2 Å². The van der Waals surface area contributed by atoms with Gasteiger partial charge in [-0.25, -0.2) is 8.78 Å². The largest absolute Gasteiger partial charge is 0.385 e. The number of alkyl halides is 2. The molecule has 1 N–H and O–H groups in total. The molecule has 0 heterocycles. The summed E-state index contributed by atoms with van der Waals surface area (Å²) >= 11 is 0. The van der Waals surface area contributed by atoms with E-state index in [1.807, 2.05) is 30.3 Å². The van der Waals surface area contributed by atoms with Crippen molar-refractivity contribution in [2.24, 2.45) is 47.3 Å². The molecule has 0 amide bonds. The maximum absolute atomic E-state index is 14.6. The van der Waals surface area contributed by atoms with Crippen LogP contribution in [-0.2, 0) is 5.60 Å². The predicted molar refractivity (Wildman–Crippen MR) is 67.8 cm³/mol. The van der Waals surface area contributed by atoms with Gasteiger partial charge < -0.3 is 5.11 Å². The maximum Gasteiger partial charge on any atom is 0.255 e. The number of halogens is 2. The highest BCUT2D eigenvalue weighted by Gasteiger charge is 2.92. The summed E-state index contributed by atoms with van der Waals surface area (Å²) in [5, 5.41) is 11.4. The van der Waals surface area contributed by atoms with Crippen molar-refractivity contribution >= 4 is 0 Å². The summed E-state index contributed by atoms with van der Waals surface area (Å²) < 4.78 is 29.3. The Hall–Kier alpha value is -0.960. The molecule has 0 radical (unpaired) electrons. The molecule has 0 saturated heterocycles. The summed E-state index contributed by atoms with van der Waals surface area (Å²) in [6, 6.07) is 9.62. The van der Waals surface area contributed by atoms with Crippen molar-refractivity contribution in [3.63, 3.8) is 0 Å². The Balaban J connectivity index is 1.62. The van der Waals surface area contributed by atoms with Crippen LogP contribution in [0.15, 0.2) is 30.3 Å². The molecular formula is C17H16F2O. The van der Waals surface area contributed by atoms with E-state index in [1.165, 1.54) is 0 Å². The van der Waals surface area contributed by atoms with Crippen LogP contribution in [0.5, 0.6) is 0 Å². The van der Waals surface area contributed by atoms with Gasteiger partial charge in [0, 0.05) is 23.7 Å². The van der Waals surface area contributed by atoms with E-state index in [9.17, 15) is 13.9 Å². The third-order valence-electron chi connectivity index (χ3n) is 7.64. The van der Waals surface area contributed by atoms with E-state index in [4.69, 9.17) is 0 Å². The predicted octanol–water partition coefficient (Wildman–Crippen LogP) is 2.90. The van der Waals surface area contributed by atoms with Gasteiger partial charge in [-0.3, -0.25) is 0 Å². The molecule has 5 fully saturated rings. The van der Waals surface area contributed by atoms with Crippen molar-refractivity contribution in [1.82, 2.24) is 0 Å². The Morgan fingerprint density at radius 3 is 2.30 bits per heavy atom. The number of fused-ring (bicyclic) bond motifs is 2. The Morgan fingerprint density at radius 2 is 1.55 bits per heavy atom. The van der Waals surface area contributed by atoms with Crippen molar-refractivity contribution in [2.75, 3.05) is 0 Å². The lowest BCUT2D eigenvalue weighted by Crippen LogP contribution is -2.59. The first-order valence-corrected chi connectivity index (χ1v) is 7.73. The van der Waals surface area contributed by atoms with Crippen LogP contribution in [0.1, 0.15) is 12.0 Å². The van der Waals surface area contributed by atoms with Crippen LogP contribution >= 0.6 is 0 Å². The molecule has 1 aromatic rings. The highest BCUT2D eigenvalue weighted by molar-refractivity contribution is 5.41. The van der Waals surface area contributed by atoms with Gasteiger partial charge >= 0.3 is 0 Å². The van der Waals surface area contributed by atoms with Gasteiger partial charge in [-0.15, -0.1) is 0 Å². The van der Waals surface area contributed by atoms with Crippen molar-refractivity contribution in [3.8, 4) is 0 Å². The average Bonchev–Trinajstić information content (AvgIpc) is 2.91. The smallest absolute Gasteiger partial charge is 0.255 e. The summed E-state index contributed by atoms with van der Waals surface area (Å²) in [5.41, 5.74) is -0.0935. The van der Waals surface area contributed by atoms with Gasteiger partial charge in [-0.05, 0) is 35.7 Å². The van der Waals surface area contributed by atoms with Gasteiger partial charge in [0.1, 0.15) is 0 Å². The fourth-order valence-electron chi connectivity index (χ4n) is 7.57. The molecule has 0 aliphatic heterocycles. The number of aliphatic hydroxyl groups is 1. The van der Waals surface area contributed by atoms with Gasteiger partial charge in [-0.1, -0.05) is 30.3 Å². The third-order valence-corrected chi connectivity index (χ3v) is 7.64. The monoisotopic (exact) mass is 274 g/mol. The van der Waals surface area contributed by atoms with Crippen LogP contribution in [0.25, 0.3) is 0 Å². The normalized spacial score (nSPS) is 62.1. The first-order valence-electron chi connectivity index (χ1n) is 7.73. The van der Waals surface area contributed by atoms with E-state index in [0.29, 0.717) is 11.8 Å². The van der Waals surface area contributed by atoms with Crippen molar-refractivity contribution in [2.45, 2.75) is 17.9 Å². The van der Waals surface area contributed by atoms with Crippen LogP contribution in [0, 0.1) is 47.3 Å². The fraction of sp³-hybridized carbons (Fsp3) is 0.647. The maximum atomic E-state index is 14.6. The number of rotatable bonds is 1. The van der Waals surface area contributed by atoms with Crippen molar-refractivity contribution < 1.29 is 13.9 Å². The molecule has 9 unspecified atom stereocenters. The second-order valence-electron chi connectivity index (χ2n) is 7.69. The SMILES string of the molecule is OC1(c2ccccc2)C2C3CC4C5C3C1C5C(F)(F)C42. The minimum atomic E-state index is -2.52. The van der Waals surface area contributed by atoms with Gasteiger partial charge in [0.25, 0.3) is 5.92 Å². The quantitative estimate of drug-likeness (QED) is 0.835. The molecule has 5 aliphatic carbocycles. The molecule has 2 bridgehead atoms. The summed E-state index contributed by atoms with van der Waals surface area (Å²) in [7, 11) is 0. The zero-order chi connectivity index (χ0) is 13.4. The minimum absolute atomic E-state index is 0.191. The summed E-state index contributed by atoms with van der Waals surface area (Å²) in [4.78, 5) is 0. The van der Waals surface area contributed by atoms with E-state index in [-0.39, 0.29) is 23.7 Å². The van der Waals surface area contributed by atoms with E-state index in [1.54, 1.807) is 0 Å². The van der Waals surface area contributed by atoms with Crippen LogP contribution in [0.3, 0.4) is 0 Å². The molecule has 5 saturated carbocycles. The highest BCUT2D eigenvalue weighted by Crippen LogP contribution is 2.89. The zero-order valence-corrected chi connectivity index (χ0v) is 10.9. The van der Waals surface area contributed by atoms with Crippen molar-refractivity contribution in [1.29, 1.82) is 0 Å². The molecule has 0 aromatic heterocycles. The molecular weight excluding hydrogens is 258 g/mol. The molecule has 1 nitrogen and oxygen atoms in total. The number of hydrogen-bond donors (Lipinski definition) is 1. The van der Waals surface area contributed by atoms with Gasteiger partial charge in [0.05, 0.1) is 5.60 Å². The first-order chi connectivity index (χ1) is 9.58. The van der Waals surface area contributed by atoms with E-state index >= 15 is 0 Å². The van der Waals surface area contributed by atoms with Gasteiger partial charge in [0.15, 0.2) is 0 Å². The third kappa shape index (κ3) is 0.739. The van der Waals surface area contributed by atoms with E-state index in [0.717, 1.165) is 12.0 Å². The second kappa shape index (κ2) is 2.70. The molecule has 5 aliphatic rings. The molecule has 1 aromatic carbocycles. The molecule has 9 atom stereocenters. The second-order valence-corrected chi connectivity index (χ2v) is 7.69. The Morgan fingerprint density at radius 1 is 0.900 bits per heavy atom. The van der Waals surface area contributed by atoms with Crippen LogP contribution in [-0.4, -0.2) is 11.0 Å². The van der Waals surface area contributed by atoms with Crippen LogP contribution in [0.2, 0.25) is 0 Å². The summed E-state index contributed by atoms with van der Waals surface area (Å²) in [5.74, 6) is -2.85. The average molecular weight is 274 g/mol. The van der Waals surface area contributed by atoms with E-state index in [2.05, 4.69) is 0 Å². The van der Waals surface area contributed by atoms with Crippen molar-refractivity contribution in [3.05, 3.63) is 35.9 Å². The van der Waals surface area contributed by atoms with Gasteiger partial charge in [-0.2, -0.15) is 0 Å². The van der Waals surface area contributed by atoms with Gasteiger partial charge in [0.2, 0.25) is 0 Å². The lowest BCUT2D eigenvalue weighted by atomic mass is 9.54. The first kappa shape index (κ1) is 10.7. The zero-order valence-electron chi connectivity index (χ0n) is 10.9. The Bertz CT molecular complexity index is 629. The lowest BCUT2D eigenvalue weighted by Gasteiger charge is -2.54. The standard InChI is InChI=1S/C17H16F2O/c18-17(19)13-9-6-8-10-11(9)15(17)14(10)16(20,12(8)13)7-4-2-1-3-5-7/h1-5,8-15,20H,6H2. The van der Waals surface area contributed by atoms with Crippen LogP contribution < -0.4 is 0 Å². The molecule has 3 heteroatoms. The fourth-order valence-corrected chi connectivity index (χ4v) is 7.57. The molecule has 0 spiro atoms. The number of hydrogen-bond acceptors (Lipinski definition) is 1. The number of benzene rings is 1. The van der Waals surface area contributed by atoms with E-state index < -0.39 is 23.4 Å². The summed E-state index contributed by atoms with van der Waals surface area (Å²) in [6.45, 7) is 0. The Kier molecular flexibility index (Phi) is 1.45. The molecule has 104 valence electrons. The molecule has 6 rings (SSSR count). The lowest BCUT2D eigenvalue weighted by molar-refractivity contribution is -0.238. The Labute approximate surface area is 116 Å².